The SMILES string of the molecule is CC(=O)NCCC(=O)N1CC[C@@H](c2ccc3c(c2)OCO3)[C@H](O)C1. The van der Waals surface area contributed by atoms with Crippen molar-refractivity contribution in [2.45, 2.75) is 31.8 Å². The summed E-state index contributed by atoms with van der Waals surface area (Å²) in [4.78, 5) is 24.7. The monoisotopic (exact) mass is 334 g/mol. The summed E-state index contributed by atoms with van der Waals surface area (Å²) in [6, 6.07) is 5.70. The van der Waals surface area contributed by atoms with E-state index in [9.17, 15) is 14.7 Å². The van der Waals surface area contributed by atoms with Crippen LogP contribution in [-0.2, 0) is 9.59 Å². The zero-order chi connectivity index (χ0) is 17.1. The Bertz CT molecular complexity index is 633. The van der Waals surface area contributed by atoms with Crippen LogP contribution in [0.4, 0.5) is 0 Å². The van der Waals surface area contributed by atoms with Crippen LogP contribution in [0, 0.1) is 0 Å². The molecule has 130 valence electrons. The standard InChI is InChI=1S/C17H22N2O5/c1-11(20)18-6-4-17(22)19-7-5-13(14(21)9-19)12-2-3-15-16(8-12)24-10-23-15/h2-3,8,13-14,21H,4-7,9-10H2,1H3,(H,18,20)/t13-,14+/m0/s1. The van der Waals surface area contributed by atoms with E-state index in [1.807, 2.05) is 18.2 Å². The summed E-state index contributed by atoms with van der Waals surface area (Å²) in [5.74, 6) is 1.20. The van der Waals surface area contributed by atoms with Gasteiger partial charge in [0.05, 0.1) is 6.10 Å². The first-order valence-corrected chi connectivity index (χ1v) is 8.14. The highest BCUT2D eigenvalue weighted by molar-refractivity contribution is 5.78. The van der Waals surface area contributed by atoms with Crippen molar-refractivity contribution in [2.24, 2.45) is 0 Å². The van der Waals surface area contributed by atoms with E-state index in [1.165, 1.54) is 6.92 Å². The maximum absolute atomic E-state index is 12.1. The van der Waals surface area contributed by atoms with Crippen molar-refractivity contribution in [3.63, 3.8) is 0 Å². The van der Waals surface area contributed by atoms with Crippen LogP contribution in [0.2, 0.25) is 0 Å². The third-order valence-electron chi connectivity index (χ3n) is 4.47. The molecular formula is C17H22N2O5. The van der Waals surface area contributed by atoms with E-state index >= 15 is 0 Å². The van der Waals surface area contributed by atoms with E-state index < -0.39 is 6.10 Å². The number of aliphatic hydroxyl groups excluding tert-OH is 1. The van der Waals surface area contributed by atoms with E-state index in [2.05, 4.69) is 5.32 Å². The van der Waals surface area contributed by atoms with E-state index in [1.54, 1.807) is 4.90 Å². The first kappa shape index (κ1) is 16.6. The second-order valence-corrected chi connectivity index (χ2v) is 6.15. The first-order chi connectivity index (χ1) is 11.5. The Morgan fingerprint density at radius 1 is 1.33 bits per heavy atom. The lowest BCUT2D eigenvalue weighted by molar-refractivity contribution is -0.134. The third-order valence-corrected chi connectivity index (χ3v) is 4.47. The summed E-state index contributed by atoms with van der Waals surface area (Å²) < 4.78 is 10.7. The quantitative estimate of drug-likeness (QED) is 0.843. The van der Waals surface area contributed by atoms with Gasteiger partial charge in [0.15, 0.2) is 11.5 Å². The van der Waals surface area contributed by atoms with Crippen LogP contribution in [0.3, 0.4) is 0 Å². The smallest absolute Gasteiger partial charge is 0.231 e. The van der Waals surface area contributed by atoms with Crippen LogP contribution in [0.25, 0.3) is 0 Å². The Hall–Kier alpha value is -2.28. The molecule has 24 heavy (non-hydrogen) atoms. The van der Waals surface area contributed by atoms with Crippen molar-refractivity contribution in [3.05, 3.63) is 23.8 Å². The van der Waals surface area contributed by atoms with E-state index in [-0.39, 0.29) is 30.9 Å². The molecule has 0 aromatic heterocycles. The number of amides is 2. The van der Waals surface area contributed by atoms with Gasteiger partial charge in [0.25, 0.3) is 0 Å². The minimum Gasteiger partial charge on any atom is -0.454 e. The molecule has 2 aliphatic rings. The molecular weight excluding hydrogens is 312 g/mol. The molecule has 2 N–H and O–H groups in total. The molecule has 0 spiro atoms. The number of carbonyl (C=O) groups is 2. The molecule has 0 bridgehead atoms. The molecule has 2 amide bonds. The Balaban J connectivity index is 1.57. The summed E-state index contributed by atoms with van der Waals surface area (Å²) >= 11 is 0. The van der Waals surface area contributed by atoms with Crippen LogP contribution in [0.5, 0.6) is 11.5 Å². The molecule has 7 heteroatoms. The minimum atomic E-state index is -0.621. The van der Waals surface area contributed by atoms with Crippen LogP contribution < -0.4 is 14.8 Å². The zero-order valence-corrected chi connectivity index (χ0v) is 13.7. The third kappa shape index (κ3) is 3.62. The number of fused-ring (bicyclic) bond motifs is 1. The van der Waals surface area contributed by atoms with Gasteiger partial charge in [0, 0.05) is 38.9 Å². The van der Waals surface area contributed by atoms with Gasteiger partial charge in [0.2, 0.25) is 18.6 Å². The Morgan fingerprint density at radius 3 is 2.88 bits per heavy atom. The first-order valence-electron chi connectivity index (χ1n) is 8.14. The van der Waals surface area contributed by atoms with Gasteiger partial charge in [0.1, 0.15) is 0 Å². The second kappa shape index (κ2) is 7.09. The molecule has 0 saturated carbocycles. The molecule has 1 saturated heterocycles. The fraction of sp³-hybridized carbons (Fsp3) is 0.529. The number of β-amino-alcohol motifs (C(OH)–C–C–N with tert-alkyl or cyclic N) is 1. The molecule has 1 aromatic rings. The number of aliphatic hydroxyl groups is 1. The topological polar surface area (TPSA) is 88.1 Å². The Morgan fingerprint density at radius 2 is 2.12 bits per heavy atom. The maximum atomic E-state index is 12.1. The predicted molar refractivity (Wildman–Crippen MR) is 85.8 cm³/mol. The van der Waals surface area contributed by atoms with Crippen LogP contribution in [0.15, 0.2) is 18.2 Å². The minimum absolute atomic E-state index is 0.0288. The summed E-state index contributed by atoms with van der Waals surface area (Å²) in [6.07, 6.45) is 0.317. The van der Waals surface area contributed by atoms with Gasteiger partial charge in [-0.05, 0) is 24.1 Å². The molecule has 7 nitrogen and oxygen atoms in total. The lowest BCUT2D eigenvalue weighted by atomic mass is 9.87. The molecule has 2 atom stereocenters. The number of ether oxygens (including phenoxy) is 2. The highest BCUT2D eigenvalue weighted by atomic mass is 16.7. The lowest BCUT2D eigenvalue weighted by Crippen LogP contribution is -2.46. The number of nitrogens with zero attached hydrogens (tertiary/aromatic N) is 1. The highest BCUT2D eigenvalue weighted by Crippen LogP contribution is 2.37. The van der Waals surface area contributed by atoms with Gasteiger partial charge in [-0.2, -0.15) is 0 Å². The number of hydrogen-bond acceptors (Lipinski definition) is 5. The second-order valence-electron chi connectivity index (χ2n) is 6.15. The molecule has 2 heterocycles. The van der Waals surface area contributed by atoms with Gasteiger partial charge < -0.3 is 24.8 Å². The number of hydrogen-bond donors (Lipinski definition) is 2. The number of benzene rings is 1. The van der Waals surface area contributed by atoms with Crippen LogP contribution in [-0.4, -0.2) is 54.4 Å². The van der Waals surface area contributed by atoms with Gasteiger partial charge in [-0.1, -0.05) is 6.07 Å². The summed E-state index contributed by atoms with van der Waals surface area (Å²) in [5.41, 5.74) is 0.997. The van der Waals surface area contributed by atoms with E-state index in [0.717, 1.165) is 11.3 Å². The Kier molecular flexibility index (Phi) is 4.89. The fourth-order valence-corrected chi connectivity index (χ4v) is 3.19. The normalized spacial score (nSPS) is 22.3. The van der Waals surface area contributed by atoms with Crippen molar-refractivity contribution in [1.82, 2.24) is 10.2 Å². The van der Waals surface area contributed by atoms with Gasteiger partial charge >= 0.3 is 0 Å². The number of piperidine rings is 1. The van der Waals surface area contributed by atoms with Crippen LogP contribution >= 0.6 is 0 Å². The number of nitrogens with one attached hydrogen (secondary N) is 1. The summed E-state index contributed by atoms with van der Waals surface area (Å²) in [6.45, 7) is 2.87. The molecule has 1 aromatic carbocycles. The molecule has 0 aliphatic carbocycles. The predicted octanol–water partition coefficient (Wildman–Crippen LogP) is 0.618. The van der Waals surface area contributed by atoms with Crippen molar-refractivity contribution >= 4 is 11.8 Å². The van der Waals surface area contributed by atoms with Crippen molar-refractivity contribution in [3.8, 4) is 11.5 Å². The Labute approximate surface area is 140 Å². The van der Waals surface area contributed by atoms with Crippen molar-refractivity contribution in [1.29, 1.82) is 0 Å². The van der Waals surface area contributed by atoms with Gasteiger partial charge in [-0.15, -0.1) is 0 Å². The number of rotatable bonds is 4. The van der Waals surface area contributed by atoms with E-state index in [0.29, 0.717) is 31.8 Å². The average Bonchev–Trinajstić information content (AvgIpc) is 3.01. The highest BCUT2D eigenvalue weighted by Gasteiger charge is 2.31. The van der Waals surface area contributed by atoms with Crippen molar-refractivity contribution < 1.29 is 24.2 Å². The molecule has 2 aliphatic heterocycles. The van der Waals surface area contributed by atoms with E-state index in [4.69, 9.17) is 9.47 Å². The largest absolute Gasteiger partial charge is 0.454 e. The average molecular weight is 334 g/mol. The molecule has 0 radical (unpaired) electrons. The zero-order valence-electron chi connectivity index (χ0n) is 13.7. The lowest BCUT2D eigenvalue weighted by Gasteiger charge is -2.36. The number of likely N-dealkylation sites (tertiary alicyclic amines) is 1. The summed E-state index contributed by atoms with van der Waals surface area (Å²) in [7, 11) is 0. The molecule has 3 rings (SSSR count). The molecule has 0 unspecified atom stereocenters. The van der Waals surface area contributed by atoms with Gasteiger partial charge in [-0.3, -0.25) is 9.59 Å². The number of carbonyl (C=O) groups excluding carboxylic acids is 2. The maximum Gasteiger partial charge on any atom is 0.231 e. The van der Waals surface area contributed by atoms with Crippen LogP contribution in [0.1, 0.15) is 31.2 Å². The van der Waals surface area contributed by atoms with Gasteiger partial charge in [-0.25, -0.2) is 0 Å². The molecule has 1 fully saturated rings. The summed E-state index contributed by atoms with van der Waals surface area (Å²) in [5, 5.41) is 13.1. The fourth-order valence-electron chi connectivity index (χ4n) is 3.19. The van der Waals surface area contributed by atoms with Crippen molar-refractivity contribution in [2.75, 3.05) is 26.4 Å².